The fraction of sp³-hybridized carbons (Fsp3) is 0.300. The molecule has 0 radical (unpaired) electrons. The first-order chi connectivity index (χ1) is 8.22. The average molecular weight is 357 g/mol. The van der Waals surface area contributed by atoms with Crippen LogP contribution in [0.1, 0.15) is 5.56 Å². The van der Waals surface area contributed by atoms with E-state index in [0.29, 0.717) is 15.1 Å². The minimum absolute atomic E-state index is 0.283. The third kappa shape index (κ3) is 4.24. The lowest BCUT2D eigenvalue weighted by molar-refractivity contribution is -0.137. The molecule has 100 valence electrons. The third-order valence-corrected chi connectivity index (χ3v) is 4.91. The van der Waals surface area contributed by atoms with Gasteiger partial charge in [-0.15, -0.1) is 0 Å². The van der Waals surface area contributed by atoms with E-state index in [-0.39, 0.29) is 5.75 Å². The number of rotatable bonds is 5. The van der Waals surface area contributed by atoms with Gasteiger partial charge in [-0.05, 0) is 17.7 Å². The lowest BCUT2D eigenvalue weighted by Crippen LogP contribution is -2.33. The van der Waals surface area contributed by atoms with Crippen LogP contribution >= 0.6 is 27.5 Å². The molecule has 0 aliphatic heterocycles. The highest BCUT2D eigenvalue weighted by atomic mass is 79.9. The molecule has 0 saturated heterocycles. The van der Waals surface area contributed by atoms with E-state index in [0.717, 1.165) is 4.31 Å². The van der Waals surface area contributed by atoms with Crippen molar-refractivity contribution in [2.24, 2.45) is 0 Å². The second kappa shape index (κ2) is 6.01. The van der Waals surface area contributed by atoms with Gasteiger partial charge in [0, 0.05) is 16.5 Å². The molecule has 1 aromatic rings. The molecule has 1 N–H and O–H groups in total. The molecule has 0 fully saturated rings. The Hall–Kier alpha value is -0.630. The first kappa shape index (κ1) is 15.4. The number of carboxylic acid groups (broad SMARTS) is 1. The van der Waals surface area contributed by atoms with Crippen LogP contribution in [-0.4, -0.2) is 37.4 Å². The number of likely N-dealkylation sites (N-methyl/N-ethyl adjacent to an activating group) is 1. The van der Waals surface area contributed by atoms with Crippen molar-refractivity contribution in [3.63, 3.8) is 0 Å². The van der Waals surface area contributed by atoms with Crippen molar-refractivity contribution in [1.29, 1.82) is 0 Å². The van der Waals surface area contributed by atoms with Crippen LogP contribution < -0.4 is 0 Å². The Labute approximate surface area is 119 Å². The predicted octanol–water partition coefficient (Wildman–Crippen LogP) is 1.95. The van der Waals surface area contributed by atoms with E-state index >= 15 is 0 Å². The van der Waals surface area contributed by atoms with Crippen molar-refractivity contribution in [3.8, 4) is 0 Å². The molecule has 0 atom stereocenters. The van der Waals surface area contributed by atoms with Crippen molar-refractivity contribution in [3.05, 3.63) is 33.3 Å². The number of hydrogen-bond donors (Lipinski definition) is 1. The number of benzene rings is 1. The zero-order valence-corrected chi connectivity index (χ0v) is 12.6. The fourth-order valence-corrected chi connectivity index (χ4v) is 3.41. The second-order valence-corrected chi connectivity index (χ2v) is 7.01. The van der Waals surface area contributed by atoms with Crippen LogP contribution in [0.4, 0.5) is 0 Å². The van der Waals surface area contributed by atoms with Gasteiger partial charge in [-0.3, -0.25) is 4.79 Å². The largest absolute Gasteiger partial charge is 0.480 e. The van der Waals surface area contributed by atoms with Crippen molar-refractivity contribution < 1.29 is 18.3 Å². The highest BCUT2D eigenvalue weighted by molar-refractivity contribution is 9.10. The van der Waals surface area contributed by atoms with Gasteiger partial charge in [0.1, 0.15) is 6.54 Å². The summed E-state index contributed by atoms with van der Waals surface area (Å²) in [6.07, 6.45) is 0. The third-order valence-electron chi connectivity index (χ3n) is 2.19. The zero-order chi connectivity index (χ0) is 13.9. The molecular formula is C10H11BrClNO4S. The number of carbonyl (C=O) groups is 1. The maximum absolute atomic E-state index is 11.9. The standard InChI is InChI=1S/C10H11BrClNO4S/c1-13(5-10(14)15)18(16,17)6-7-2-3-8(12)4-9(7)11/h2-4H,5-6H2,1H3,(H,14,15). The molecule has 5 nitrogen and oxygen atoms in total. The summed E-state index contributed by atoms with van der Waals surface area (Å²) < 4.78 is 25.1. The van der Waals surface area contributed by atoms with Gasteiger partial charge in [-0.2, -0.15) is 4.31 Å². The number of halogens is 2. The predicted molar refractivity (Wildman–Crippen MR) is 72.0 cm³/mol. The zero-order valence-electron chi connectivity index (χ0n) is 9.43. The quantitative estimate of drug-likeness (QED) is 0.875. The highest BCUT2D eigenvalue weighted by Crippen LogP contribution is 2.23. The summed E-state index contributed by atoms with van der Waals surface area (Å²) in [5.74, 6) is -1.48. The Bertz CT molecular complexity index is 561. The normalized spacial score (nSPS) is 11.8. The van der Waals surface area contributed by atoms with Crippen LogP contribution in [0.3, 0.4) is 0 Å². The number of nitrogens with zero attached hydrogens (tertiary/aromatic N) is 1. The second-order valence-electron chi connectivity index (χ2n) is 3.64. The number of aliphatic carboxylic acids is 1. The summed E-state index contributed by atoms with van der Waals surface area (Å²) >= 11 is 8.97. The lowest BCUT2D eigenvalue weighted by Gasteiger charge is -2.15. The molecule has 18 heavy (non-hydrogen) atoms. The maximum atomic E-state index is 11.9. The highest BCUT2D eigenvalue weighted by Gasteiger charge is 2.21. The number of hydrogen-bond acceptors (Lipinski definition) is 3. The van der Waals surface area contributed by atoms with Gasteiger partial charge in [0.2, 0.25) is 10.0 Å². The van der Waals surface area contributed by atoms with Gasteiger partial charge in [0.15, 0.2) is 0 Å². The summed E-state index contributed by atoms with van der Waals surface area (Å²) in [4.78, 5) is 10.5. The van der Waals surface area contributed by atoms with Crippen molar-refractivity contribution >= 4 is 43.5 Å². The van der Waals surface area contributed by atoms with E-state index in [2.05, 4.69) is 15.9 Å². The summed E-state index contributed by atoms with van der Waals surface area (Å²) in [5, 5.41) is 9.06. The van der Waals surface area contributed by atoms with Crippen LogP contribution in [0.2, 0.25) is 5.02 Å². The molecule has 0 aliphatic rings. The molecule has 0 bridgehead atoms. The molecule has 1 aromatic carbocycles. The minimum atomic E-state index is -3.66. The molecule has 8 heteroatoms. The summed E-state index contributed by atoms with van der Waals surface area (Å²) in [6, 6.07) is 4.75. The van der Waals surface area contributed by atoms with E-state index in [1.165, 1.54) is 7.05 Å². The molecule has 0 unspecified atom stereocenters. The first-order valence-electron chi connectivity index (χ1n) is 4.82. The van der Waals surface area contributed by atoms with E-state index < -0.39 is 22.5 Å². The molecule has 0 spiro atoms. The van der Waals surface area contributed by atoms with Crippen LogP contribution in [0.25, 0.3) is 0 Å². The van der Waals surface area contributed by atoms with Crippen LogP contribution in [0.5, 0.6) is 0 Å². The van der Waals surface area contributed by atoms with E-state index in [4.69, 9.17) is 16.7 Å². The van der Waals surface area contributed by atoms with Crippen molar-refractivity contribution in [1.82, 2.24) is 4.31 Å². The summed E-state index contributed by atoms with van der Waals surface area (Å²) in [6.45, 7) is -0.562. The summed E-state index contributed by atoms with van der Waals surface area (Å²) in [5.41, 5.74) is 0.525. The number of sulfonamides is 1. The SMILES string of the molecule is CN(CC(=O)O)S(=O)(=O)Cc1ccc(Cl)cc1Br. The van der Waals surface area contributed by atoms with Crippen LogP contribution in [0, 0.1) is 0 Å². The van der Waals surface area contributed by atoms with Gasteiger partial charge in [0.05, 0.1) is 5.75 Å². The Morgan fingerprint density at radius 2 is 2.11 bits per heavy atom. The lowest BCUT2D eigenvalue weighted by atomic mass is 10.2. The van der Waals surface area contributed by atoms with Gasteiger partial charge in [-0.1, -0.05) is 33.6 Å². The van der Waals surface area contributed by atoms with Crippen LogP contribution in [0.15, 0.2) is 22.7 Å². The Balaban J connectivity index is 2.92. The molecule has 0 aromatic heterocycles. The molecule has 0 amide bonds. The van der Waals surface area contributed by atoms with Gasteiger partial charge in [0.25, 0.3) is 0 Å². The summed E-state index contributed by atoms with van der Waals surface area (Å²) in [7, 11) is -2.43. The monoisotopic (exact) mass is 355 g/mol. The first-order valence-corrected chi connectivity index (χ1v) is 7.60. The number of carboxylic acids is 1. The topological polar surface area (TPSA) is 74.7 Å². The van der Waals surface area contributed by atoms with E-state index in [1.54, 1.807) is 18.2 Å². The Morgan fingerprint density at radius 3 is 2.61 bits per heavy atom. The average Bonchev–Trinajstić information content (AvgIpc) is 2.21. The molecule has 1 rings (SSSR count). The Morgan fingerprint density at radius 1 is 1.50 bits per heavy atom. The Kier molecular flexibility index (Phi) is 5.15. The van der Waals surface area contributed by atoms with Crippen molar-refractivity contribution in [2.45, 2.75) is 5.75 Å². The van der Waals surface area contributed by atoms with Gasteiger partial charge >= 0.3 is 5.97 Å². The molecule has 0 saturated carbocycles. The molecule has 0 heterocycles. The van der Waals surface area contributed by atoms with Crippen molar-refractivity contribution in [2.75, 3.05) is 13.6 Å². The minimum Gasteiger partial charge on any atom is -0.480 e. The fourth-order valence-electron chi connectivity index (χ4n) is 1.23. The smallest absolute Gasteiger partial charge is 0.318 e. The van der Waals surface area contributed by atoms with Crippen LogP contribution in [-0.2, 0) is 20.6 Å². The van der Waals surface area contributed by atoms with E-state index in [9.17, 15) is 13.2 Å². The molecular weight excluding hydrogens is 346 g/mol. The van der Waals surface area contributed by atoms with E-state index in [1.807, 2.05) is 0 Å². The van der Waals surface area contributed by atoms with Gasteiger partial charge < -0.3 is 5.11 Å². The van der Waals surface area contributed by atoms with Gasteiger partial charge in [-0.25, -0.2) is 8.42 Å². The molecule has 0 aliphatic carbocycles. The maximum Gasteiger partial charge on any atom is 0.318 e.